The number of rotatable bonds is 8. The van der Waals surface area contributed by atoms with Crippen molar-refractivity contribution >= 4 is 5.91 Å². The third-order valence-electron chi connectivity index (χ3n) is 6.61. The van der Waals surface area contributed by atoms with E-state index in [9.17, 15) is 4.79 Å². The van der Waals surface area contributed by atoms with Gasteiger partial charge in [0.1, 0.15) is 5.75 Å². The zero-order chi connectivity index (χ0) is 24.9. The molecule has 0 radical (unpaired) electrons. The van der Waals surface area contributed by atoms with Gasteiger partial charge in [-0.3, -0.25) is 14.4 Å². The first-order chi connectivity index (χ1) is 17.6. The predicted molar refractivity (Wildman–Crippen MR) is 139 cm³/mol. The van der Waals surface area contributed by atoms with Crippen LogP contribution < -0.4 is 4.74 Å². The molecule has 0 bridgehead atoms. The van der Waals surface area contributed by atoms with Crippen molar-refractivity contribution in [1.29, 1.82) is 0 Å². The number of amides is 1. The highest BCUT2D eigenvalue weighted by Gasteiger charge is 2.24. The van der Waals surface area contributed by atoms with Crippen LogP contribution in [0.3, 0.4) is 0 Å². The predicted octanol–water partition coefficient (Wildman–Crippen LogP) is 4.07. The summed E-state index contributed by atoms with van der Waals surface area (Å²) in [5.74, 6) is 0.726. The Labute approximate surface area is 211 Å². The largest absolute Gasteiger partial charge is 0.471 e. The van der Waals surface area contributed by atoms with Gasteiger partial charge in [0.2, 0.25) is 0 Å². The van der Waals surface area contributed by atoms with E-state index >= 15 is 0 Å². The summed E-state index contributed by atoms with van der Waals surface area (Å²) in [4.78, 5) is 17.3. The van der Waals surface area contributed by atoms with Gasteiger partial charge in [-0.15, -0.1) is 0 Å². The molecule has 8 heteroatoms. The topological polar surface area (TPSA) is 68.4 Å². The number of carbonyl (C=O) groups is 1. The lowest BCUT2D eigenvalue weighted by molar-refractivity contribution is 0.0620. The molecule has 3 heterocycles. The molecule has 0 aliphatic carbocycles. The highest BCUT2D eigenvalue weighted by molar-refractivity contribution is 5.92. The number of aryl methyl sites for hydroxylation is 2. The molecular weight excluding hydrogens is 452 g/mol. The first-order valence-corrected chi connectivity index (χ1v) is 12.5. The fourth-order valence-corrected chi connectivity index (χ4v) is 4.45. The zero-order valence-electron chi connectivity index (χ0n) is 20.9. The standard InChI is InChI=1S/C28H32N6O2/c1-3-33-20-25(22(2)29-33)19-31-15-17-32(18-16-31)28(35)27-13-14-34(30-27)21-36-26-11-9-24(10-12-26)23-7-5-4-6-8-23/h4-14,20H,3,15-19,21H2,1-2H3. The average Bonchev–Trinajstić information content (AvgIpc) is 3.55. The van der Waals surface area contributed by atoms with Crippen LogP contribution in [-0.4, -0.2) is 61.4 Å². The normalized spacial score (nSPS) is 14.2. The maximum Gasteiger partial charge on any atom is 0.274 e. The molecule has 0 spiro atoms. The van der Waals surface area contributed by atoms with E-state index in [-0.39, 0.29) is 12.6 Å². The second-order valence-corrected chi connectivity index (χ2v) is 9.07. The van der Waals surface area contributed by atoms with Gasteiger partial charge < -0.3 is 9.64 Å². The average molecular weight is 485 g/mol. The summed E-state index contributed by atoms with van der Waals surface area (Å²) >= 11 is 0. The summed E-state index contributed by atoms with van der Waals surface area (Å²) in [6, 6.07) is 20.0. The molecule has 186 valence electrons. The van der Waals surface area contributed by atoms with Crippen LogP contribution in [0, 0.1) is 6.92 Å². The number of carbonyl (C=O) groups excluding carboxylic acids is 1. The maximum absolute atomic E-state index is 13.0. The van der Waals surface area contributed by atoms with Crippen molar-refractivity contribution in [3.8, 4) is 16.9 Å². The number of nitrogens with zero attached hydrogens (tertiary/aromatic N) is 6. The summed E-state index contributed by atoms with van der Waals surface area (Å²) in [6.45, 7) is 9.20. The van der Waals surface area contributed by atoms with E-state index in [1.165, 1.54) is 11.1 Å². The lowest BCUT2D eigenvalue weighted by Crippen LogP contribution is -2.48. The Bertz CT molecular complexity index is 1290. The van der Waals surface area contributed by atoms with Gasteiger partial charge in [-0.2, -0.15) is 10.2 Å². The van der Waals surface area contributed by atoms with Gasteiger partial charge in [0, 0.05) is 57.2 Å². The molecule has 8 nitrogen and oxygen atoms in total. The summed E-state index contributed by atoms with van der Waals surface area (Å²) in [6.07, 6.45) is 3.91. The van der Waals surface area contributed by atoms with Crippen LogP contribution >= 0.6 is 0 Å². The van der Waals surface area contributed by atoms with Crippen molar-refractivity contribution in [2.45, 2.75) is 33.7 Å². The van der Waals surface area contributed by atoms with Crippen molar-refractivity contribution in [1.82, 2.24) is 29.4 Å². The second kappa shape index (κ2) is 10.8. The van der Waals surface area contributed by atoms with Crippen molar-refractivity contribution in [2.75, 3.05) is 26.2 Å². The molecule has 1 amide bonds. The molecule has 1 saturated heterocycles. The first kappa shape index (κ1) is 23.8. The summed E-state index contributed by atoms with van der Waals surface area (Å²) in [5.41, 5.74) is 5.09. The lowest BCUT2D eigenvalue weighted by Gasteiger charge is -2.34. The van der Waals surface area contributed by atoms with E-state index in [1.807, 2.05) is 52.0 Å². The minimum atomic E-state index is -0.0319. The number of aromatic nitrogens is 4. The van der Waals surface area contributed by atoms with Gasteiger partial charge in [-0.1, -0.05) is 42.5 Å². The van der Waals surface area contributed by atoms with Gasteiger partial charge >= 0.3 is 0 Å². The van der Waals surface area contributed by atoms with E-state index in [1.54, 1.807) is 16.9 Å². The van der Waals surface area contributed by atoms with Crippen molar-refractivity contribution in [2.24, 2.45) is 0 Å². The third kappa shape index (κ3) is 5.49. The van der Waals surface area contributed by atoms with Crippen LogP contribution in [0.15, 0.2) is 73.1 Å². The van der Waals surface area contributed by atoms with Gasteiger partial charge in [0.25, 0.3) is 5.91 Å². The Morgan fingerprint density at radius 1 is 0.889 bits per heavy atom. The summed E-state index contributed by atoms with van der Waals surface area (Å²) in [7, 11) is 0. The van der Waals surface area contributed by atoms with E-state index in [0.717, 1.165) is 43.2 Å². The Balaban J connectivity index is 1.11. The number of benzene rings is 2. The van der Waals surface area contributed by atoms with E-state index in [4.69, 9.17) is 4.74 Å². The smallest absolute Gasteiger partial charge is 0.274 e. The molecule has 36 heavy (non-hydrogen) atoms. The Kier molecular flexibility index (Phi) is 7.13. The number of hydrogen-bond acceptors (Lipinski definition) is 5. The van der Waals surface area contributed by atoms with Crippen LogP contribution in [0.25, 0.3) is 11.1 Å². The van der Waals surface area contributed by atoms with Gasteiger partial charge in [0.15, 0.2) is 12.4 Å². The molecule has 1 aliphatic rings. The van der Waals surface area contributed by atoms with Crippen LogP contribution in [-0.2, 0) is 19.8 Å². The molecule has 2 aromatic carbocycles. The second-order valence-electron chi connectivity index (χ2n) is 9.07. The van der Waals surface area contributed by atoms with Crippen molar-refractivity contribution < 1.29 is 9.53 Å². The molecule has 5 rings (SSSR count). The van der Waals surface area contributed by atoms with E-state index in [0.29, 0.717) is 18.8 Å². The van der Waals surface area contributed by atoms with E-state index < -0.39 is 0 Å². The van der Waals surface area contributed by atoms with Gasteiger partial charge in [-0.05, 0) is 43.2 Å². The fraction of sp³-hybridized carbons (Fsp3) is 0.321. The maximum atomic E-state index is 13.0. The first-order valence-electron chi connectivity index (χ1n) is 12.5. The van der Waals surface area contributed by atoms with Crippen LogP contribution in [0.2, 0.25) is 0 Å². The molecule has 2 aromatic heterocycles. The molecule has 4 aromatic rings. The van der Waals surface area contributed by atoms with Crippen molar-refractivity contribution in [3.05, 3.63) is 90.0 Å². The third-order valence-corrected chi connectivity index (χ3v) is 6.61. The quantitative estimate of drug-likeness (QED) is 0.377. The number of piperazine rings is 1. The molecular formula is C28H32N6O2. The molecule has 0 saturated carbocycles. The zero-order valence-corrected chi connectivity index (χ0v) is 20.9. The molecule has 0 N–H and O–H groups in total. The Hall–Kier alpha value is -3.91. The lowest BCUT2D eigenvalue weighted by atomic mass is 10.1. The molecule has 1 aliphatic heterocycles. The summed E-state index contributed by atoms with van der Waals surface area (Å²) < 4.78 is 9.51. The van der Waals surface area contributed by atoms with Crippen LogP contribution in [0.4, 0.5) is 0 Å². The van der Waals surface area contributed by atoms with Crippen LogP contribution in [0.1, 0.15) is 28.7 Å². The van der Waals surface area contributed by atoms with Crippen LogP contribution in [0.5, 0.6) is 5.75 Å². The monoisotopic (exact) mass is 484 g/mol. The minimum Gasteiger partial charge on any atom is -0.471 e. The highest BCUT2D eigenvalue weighted by Crippen LogP contribution is 2.22. The van der Waals surface area contributed by atoms with Gasteiger partial charge in [0.05, 0.1) is 5.69 Å². The number of hydrogen-bond donors (Lipinski definition) is 0. The Morgan fingerprint density at radius 3 is 2.31 bits per heavy atom. The SMILES string of the molecule is CCn1cc(CN2CCN(C(=O)c3ccn(COc4ccc(-c5ccccc5)cc4)n3)CC2)c(C)n1. The van der Waals surface area contributed by atoms with E-state index in [2.05, 4.69) is 47.3 Å². The molecule has 0 atom stereocenters. The molecule has 0 unspecified atom stereocenters. The Morgan fingerprint density at radius 2 is 1.61 bits per heavy atom. The van der Waals surface area contributed by atoms with Gasteiger partial charge in [-0.25, -0.2) is 4.68 Å². The summed E-state index contributed by atoms with van der Waals surface area (Å²) in [5, 5.41) is 8.99. The molecule has 1 fully saturated rings. The highest BCUT2D eigenvalue weighted by atomic mass is 16.5. The number of ether oxygens (including phenoxy) is 1. The fourth-order valence-electron chi connectivity index (χ4n) is 4.45. The minimum absolute atomic E-state index is 0.0319. The van der Waals surface area contributed by atoms with Crippen molar-refractivity contribution in [3.63, 3.8) is 0 Å².